The Morgan fingerprint density at radius 1 is 0.810 bits per heavy atom. The van der Waals surface area contributed by atoms with Crippen LogP contribution in [0.25, 0.3) is 0 Å². The molecule has 114 valence electrons. The van der Waals surface area contributed by atoms with E-state index in [1.807, 2.05) is 30.3 Å². The maximum Gasteiger partial charge on any atom is 0.128 e. The minimum absolute atomic E-state index is 0. The standard InChI is InChI=1S/C18H23NO.ClH/c1-12(2)16-10-15(11-17(13(3)4)18(16)19)20-14-8-6-5-7-9-14;/h5-13H,19H2,1-4H3;1H. The molecule has 2 aromatic carbocycles. The van der Waals surface area contributed by atoms with Gasteiger partial charge in [0.15, 0.2) is 0 Å². The van der Waals surface area contributed by atoms with Crippen LogP contribution in [0.4, 0.5) is 5.69 Å². The minimum Gasteiger partial charge on any atom is -0.457 e. The summed E-state index contributed by atoms with van der Waals surface area (Å²) in [5.41, 5.74) is 9.50. The van der Waals surface area contributed by atoms with Crippen molar-refractivity contribution in [3.05, 3.63) is 53.6 Å². The van der Waals surface area contributed by atoms with Crippen molar-refractivity contribution in [1.82, 2.24) is 0 Å². The topological polar surface area (TPSA) is 35.2 Å². The number of benzene rings is 2. The predicted molar refractivity (Wildman–Crippen MR) is 92.8 cm³/mol. The first kappa shape index (κ1) is 17.4. The molecule has 0 aliphatic rings. The van der Waals surface area contributed by atoms with Gasteiger partial charge in [0, 0.05) is 5.69 Å². The molecule has 0 aliphatic carbocycles. The summed E-state index contributed by atoms with van der Waals surface area (Å²) in [6.45, 7) is 8.62. The van der Waals surface area contributed by atoms with Gasteiger partial charge in [0.25, 0.3) is 0 Å². The van der Waals surface area contributed by atoms with Gasteiger partial charge in [-0.15, -0.1) is 12.4 Å². The van der Waals surface area contributed by atoms with Crippen LogP contribution in [0.5, 0.6) is 11.5 Å². The number of anilines is 1. The van der Waals surface area contributed by atoms with Gasteiger partial charge in [-0.2, -0.15) is 0 Å². The number of para-hydroxylation sites is 1. The number of halogens is 1. The van der Waals surface area contributed by atoms with Crippen molar-refractivity contribution in [2.24, 2.45) is 0 Å². The van der Waals surface area contributed by atoms with Crippen LogP contribution in [0.3, 0.4) is 0 Å². The van der Waals surface area contributed by atoms with Crippen LogP contribution in [-0.2, 0) is 0 Å². The van der Waals surface area contributed by atoms with Crippen LogP contribution in [0, 0.1) is 0 Å². The van der Waals surface area contributed by atoms with Gasteiger partial charge in [-0.1, -0.05) is 45.9 Å². The van der Waals surface area contributed by atoms with Crippen molar-refractivity contribution in [2.45, 2.75) is 39.5 Å². The lowest BCUT2D eigenvalue weighted by atomic mass is 9.92. The lowest BCUT2D eigenvalue weighted by molar-refractivity contribution is 0.480. The first-order chi connectivity index (χ1) is 9.49. The average molecular weight is 306 g/mol. The summed E-state index contributed by atoms with van der Waals surface area (Å²) in [5.74, 6) is 2.47. The maximum absolute atomic E-state index is 6.29. The molecular weight excluding hydrogens is 282 g/mol. The highest BCUT2D eigenvalue weighted by Gasteiger charge is 2.14. The summed E-state index contributed by atoms with van der Waals surface area (Å²) >= 11 is 0. The Morgan fingerprint density at radius 3 is 1.71 bits per heavy atom. The number of hydrogen-bond donors (Lipinski definition) is 1. The summed E-state index contributed by atoms with van der Waals surface area (Å²) in [4.78, 5) is 0. The zero-order valence-electron chi connectivity index (χ0n) is 13.1. The molecule has 2 nitrogen and oxygen atoms in total. The Balaban J connectivity index is 0.00000220. The van der Waals surface area contributed by atoms with Crippen LogP contribution < -0.4 is 10.5 Å². The van der Waals surface area contributed by atoms with Gasteiger partial charge in [0.1, 0.15) is 11.5 Å². The number of hydrogen-bond acceptors (Lipinski definition) is 2. The summed E-state index contributed by atoms with van der Waals surface area (Å²) in [5, 5.41) is 0. The second-order valence-electron chi connectivity index (χ2n) is 5.74. The van der Waals surface area contributed by atoms with E-state index in [1.165, 1.54) is 0 Å². The van der Waals surface area contributed by atoms with Gasteiger partial charge in [0.2, 0.25) is 0 Å². The SMILES string of the molecule is CC(C)c1cc(Oc2ccccc2)cc(C(C)C)c1N.Cl. The van der Waals surface area contributed by atoms with Crippen molar-refractivity contribution >= 4 is 18.1 Å². The van der Waals surface area contributed by atoms with E-state index in [-0.39, 0.29) is 12.4 Å². The van der Waals surface area contributed by atoms with Crippen molar-refractivity contribution in [3.8, 4) is 11.5 Å². The first-order valence-electron chi connectivity index (χ1n) is 7.15. The van der Waals surface area contributed by atoms with E-state index in [1.54, 1.807) is 0 Å². The third-order valence-electron chi connectivity index (χ3n) is 3.44. The average Bonchev–Trinajstić information content (AvgIpc) is 2.41. The van der Waals surface area contributed by atoms with Crippen LogP contribution in [-0.4, -0.2) is 0 Å². The zero-order valence-corrected chi connectivity index (χ0v) is 13.9. The molecule has 0 aliphatic heterocycles. The van der Waals surface area contributed by atoms with E-state index < -0.39 is 0 Å². The minimum atomic E-state index is 0. The molecule has 2 aromatic rings. The number of nitrogen functional groups attached to an aromatic ring is 1. The Bertz CT molecular complexity index is 550. The lowest BCUT2D eigenvalue weighted by Gasteiger charge is -2.18. The molecule has 0 saturated carbocycles. The molecule has 0 fully saturated rings. The molecule has 3 heteroatoms. The van der Waals surface area contributed by atoms with Crippen LogP contribution in [0.15, 0.2) is 42.5 Å². The first-order valence-corrected chi connectivity index (χ1v) is 7.15. The van der Waals surface area contributed by atoms with Crippen molar-refractivity contribution < 1.29 is 4.74 Å². The van der Waals surface area contributed by atoms with Gasteiger partial charge in [-0.25, -0.2) is 0 Å². The van der Waals surface area contributed by atoms with Gasteiger partial charge in [-0.05, 0) is 47.2 Å². The molecule has 2 rings (SSSR count). The molecular formula is C18H24ClNO. The Hall–Kier alpha value is -1.67. The summed E-state index contributed by atoms with van der Waals surface area (Å²) in [6, 6.07) is 14.0. The van der Waals surface area contributed by atoms with Gasteiger partial charge in [-0.3, -0.25) is 0 Å². The second-order valence-corrected chi connectivity index (χ2v) is 5.74. The molecule has 21 heavy (non-hydrogen) atoms. The fourth-order valence-corrected chi connectivity index (χ4v) is 2.31. The molecule has 0 atom stereocenters. The molecule has 0 spiro atoms. The molecule has 0 bridgehead atoms. The van der Waals surface area contributed by atoms with Crippen LogP contribution in [0.2, 0.25) is 0 Å². The number of rotatable bonds is 4. The Labute approximate surface area is 133 Å². The van der Waals surface area contributed by atoms with E-state index >= 15 is 0 Å². The predicted octanol–water partition coefficient (Wildman–Crippen LogP) is 5.73. The molecule has 0 heterocycles. The Kier molecular flexibility index (Phi) is 6.10. The summed E-state index contributed by atoms with van der Waals surface area (Å²) < 4.78 is 5.96. The van der Waals surface area contributed by atoms with E-state index in [0.29, 0.717) is 11.8 Å². The molecule has 0 amide bonds. The van der Waals surface area contributed by atoms with E-state index in [2.05, 4.69) is 39.8 Å². The summed E-state index contributed by atoms with van der Waals surface area (Å²) in [7, 11) is 0. The fourth-order valence-electron chi connectivity index (χ4n) is 2.31. The van der Waals surface area contributed by atoms with Crippen molar-refractivity contribution in [2.75, 3.05) is 5.73 Å². The van der Waals surface area contributed by atoms with Crippen molar-refractivity contribution in [3.63, 3.8) is 0 Å². The smallest absolute Gasteiger partial charge is 0.128 e. The van der Waals surface area contributed by atoms with E-state index in [4.69, 9.17) is 10.5 Å². The van der Waals surface area contributed by atoms with Crippen LogP contribution >= 0.6 is 12.4 Å². The second kappa shape index (κ2) is 7.37. The van der Waals surface area contributed by atoms with Gasteiger partial charge in [0.05, 0.1) is 0 Å². The molecule has 0 unspecified atom stereocenters. The van der Waals surface area contributed by atoms with E-state index in [9.17, 15) is 0 Å². The maximum atomic E-state index is 6.29. The fraction of sp³-hybridized carbons (Fsp3) is 0.333. The largest absolute Gasteiger partial charge is 0.457 e. The van der Waals surface area contributed by atoms with Gasteiger partial charge >= 0.3 is 0 Å². The Morgan fingerprint density at radius 2 is 1.29 bits per heavy atom. The quantitative estimate of drug-likeness (QED) is 0.732. The van der Waals surface area contributed by atoms with E-state index in [0.717, 1.165) is 28.3 Å². The zero-order chi connectivity index (χ0) is 14.7. The highest BCUT2D eigenvalue weighted by molar-refractivity contribution is 5.85. The van der Waals surface area contributed by atoms with Gasteiger partial charge < -0.3 is 10.5 Å². The molecule has 0 aromatic heterocycles. The highest BCUT2D eigenvalue weighted by Crippen LogP contribution is 2.35. The number of ether oxygens (including phenoxy) is 1. The third kappa shape index (κ3) is 4.15. The normalized spacial score (nSPS) is 10.6. The molecule has 0 saturated heterocycles. The number of nitrogens with two attached hydrogens (primary N) is 1. The van der Waals surface area contributed by atoms with Crippen LogP contribution in [0.1, 0.15) is 50.7 Å². The monoisotopic (exact) mass is 305 g/mol. The lowest BCUT2D eigenvalue weighted by Crippen LogP contribution is -2.04. The molecule has 0 radical (unpaired) electrons. The third-order valence-corrected chi connectivity index (χ3v) is 3.44. The highest BCUT2D eigenvalue weighted by atomic mass is 35.5. The molecule has 2 N–H and O–H groups in total. The summed E-state index contributed by atoms with van der Waals surface area (Å²) in [6.07, 6.45) is 0. The van der Waals surface area contributed by atoms with Crippen molar-refractivity contribution in [1.29, 1.82) is 0 Å².